The lowest BCUT2D eigenvalue weighted by Gasteiger charge is -2.36. The Morgan fingerprint density at radius 2 is 1.95 bits per heavy atom. The average molecular weight is 522 g/mol. The van der Waals surface area contributed by atoms with Crippen molar-refractivity contribution in [3.8, 4) is 16.9 Å². The predicted molar refractivity (Wildman–Crippen MR) is 142 cm³/mol. The molecule has 2 aliphatic rings. The van der Waals surface area contributed by atoms with Crippen LogP contribution in [0.3, 0.4) is 0 Å². The van der Waals surface area contributed by atoms with Gasteiger partial charge >= 0.3 is 0 Å². The lowest BCUT2D eigenvalue weighted by Crippen LogP contribution is -2.51. The maximum Gasteiger partial charge on any atom is 0.181 e. The molecule has 0 bridgehead atoms. The number of aliphatic hydroxyl groups is 1. The van der Waals surface area contributed by atoms with Crippen molar-refractivity contribution in [1.29, 1.82) is 0 Å². The molecule has 1 saturated heterocycles. The molecule has 2 atom stereocenters. The van der Waals surface area contributed by atoms with E-state index in [1.165, 1.54) is 0 Å². The van der Waals surface area contributed by atoms with E-state index in [4.69, 9.17) is 9.47 Å². The monoisotopic (exact) mass is 521 g/mol. The molecule has 0 spiro atoms. The number of fused-ring (bicyclic) bond motifs is 3. The first kappa shape index (κ1) is 24.4. The number of sulfone groups is 1. The molecule has 1 aliphatic heterocycles. The summed E-state index contributed by atoms with van der Waals surface area (Å²) in [6.07, 6.45) is 2.01. The summed E-state index contributed by atoms with van der Waals surface area (Å²) in [6.45, 7) is 6.26. The second-order valence-corrected chi connectivity index (χ2v) is 12.3. The van der Waals surface area contributed by atoms with Gasteiger partial charge in [-0.25, -0.2) is 13.4 Å². The van der Waals surface area contributed by atoms with Crippen LogP contribution in [0.15, 0.2) is 53.6 Å². The second kappa shape index (κ2) is 9.40. The molecule has 9 heteroatoms. The van der Waals surface area contributed by atoms with Crippen LogP contribution in [0, 0.1) is 6.92 Å². The van der Waals surface area contributed by atoms with Crippen LogP contribution >= 0.6 is 0 Å². The lowest BCUT2D eigenvalue weighted by molar-refractivity contribution is -0.0936. The van der Waals surface area contributed by atoms with Gasteiger partial charge in [0.25, 0.3) is 0 Å². The van der Waals surface area contributed by atoms with E-state index in [-0.39, 0.29) is 5.25 Å². The molecule has 194 valence electrons. The third kappa shape index (κ3) is 4.50. The average Bonchev–Trinajstić information content (AvgIpc) is 3.70. The number of ether oxygens (including phenoxy) is 2. The first-order chi connectivity index (χ1) is 17.8. The first-order valence-electron chi connectivity index (χ1n) is 12.7. The van der Waals surface area contributed by atoms with E-state index >= 15 is 0 Å². The number of nitrogens with zero attached hydrogens (tertiary/aromatic N) is 2. The number of aromatic nitrogens is 2. The molecule has 0 amide bonds. The molecule has 2 aromatic heterocycles. The van der Waals surface area contributed by atoms with Gasteiger partial charge in [0.05, 0.1) is 28.9 Å². The van der Waals surface area contributed by atoms with E-state index in [1.54, 1.807) is 25.1 Å². The maximum absolute atomic E-state index is 13.0. The maximum atomic E-state index is 13.0. The second-order valence-electron chi connectivity index (χ2n) is 10.1. The fourth-order valence-corrected chi connectivity index (χ4v) is 6.86. The molecule has 2 N–H and O–H groups in total. The standard InChI is InChI=1S/C28H31N3O5S/c1-17-14-23-25-22(19-4-3-5-21(15-19)37(33,34)20-6-7-20)8-9-24(26(25)30-27(23)29-16-17)36-28(18(2)32)31-10-12-35-13-11-31/h3-5,8-9,14-16,18,20,28,32H,6-7,10-13H2,1-2H3,(H,29,30). The number of hydrogen-bond acceptors (Lipinski definition) is 7. The molecule has 8 nitrogen and oxygen atoms in total. The van der Waals surface area contributed by atoms with Crippen molar-refractivity contribution in [3.63, 3.8) is 0 Å². The van der Waals surface area contributed by atoms with Crippen molar-refractivity contribution in [2.45, 2.75) is 49.2 Å². The quantitative estimate of drug-likeness (QED) is 0.378. The van der Waals surface area contributed by atoms with E-state index in [1.807, 2.05) is 31.3 Å². The summed E-state index contributed by atoms with van der Waals surface area (Å²) in [4.78, 5) is 10.5. The topological polar surface area (TPSA) is 105 Å². The highest BCUT2D eigenvalue weighted by Crippen LogP contribution is 2.41. The summed E-state index contributed by atoms with van der Waals surface area (Å²) in [5, 5.41) is 12.2. The van der Waals surface area contributed by atoms with Gasteiger partial charge in [-0.05, 0) is 73.7 Å². The number of hydrogen-bond donors (Lipinski definition) is 2. The summed E-state index contributed by atoms with van der Waals surface area (Å²) in [7, 11) is -3.32. The van der Waals surface area contributed by atoms with E-state index in [9.17, 15) is 13.5 Å². The summed E-state index contributed by atoms with van der Waals surface area (Å²) in [5.41, 5.74) is 4.22. The number of pyridine rings is 1. The predicted octanol–water partition coefficient (Wildman–Crippen LogP) is 4.05. The van der Waals surface area contributed by atoms with Gasteiger partial charge in [-0.3, -0.25) is 4.90 Å². The molecule has 2 fully saturated rings. The van der Waals surface area contributed by atoms with Crippen molar-refractivity contribution in [2.75, 3.05) is 26.3 Å². The Morgan fingerprint density at radius 1 is 1.16 bits per heavy atom. The number of rotatable bonds is 7. The fraction of sp³-hybridized carbons (Fsp3) is 0.393. The van der Waals surface area contributed by atoms with Crippen molar-refractivity contribution >= 4 is 31.8 Å². The van der Waals surface area contributed by atoms with Crippen LogP contribution in [0.25, 0.3) is 33.1 Å². The number of benzene rings is 2. The molecule has 2 aromatic carbocycles. The molecule has 1 aliphatic carbocycles. The highest BCUT2D eigenvalue weighted by atomic mass is 32.2. The molecule has 6 rings (SSSR count). The zero-order chi connectivity index (χ0) is 25.7. The van der Waals surface area contributed by atoms with Crippen LogP contribution in [-0.4, -0.2) is 72.3 Å². The summed E-state index contributed by atoms with van der Waals surface area (Å²) < 4.78 is 37.9. The van der Waals surface area contributed by atoms with E-state index in [0.29, 0.717) is 36.9 Å². The van der Waals surface area contributed by atoms with Crippen LogP contribution in [0.4, 0.5) is 0 Å². The highest BCUT2D eigenvalue weighted by molar-refractivity contribution is 7.92. The van der Waals surface area contributed by atoms with Gasteiger partial charge in [0, 0.05) is 30.1 Å². The third-order valence-electron chi connectivity index (χ3n) is 7.21. The summed E-state index contributed by atoms with van der Waals surface area (Å²) >= 11 is 0. The van der Waals surface area contributed by atoms with Crippen molar-refractivity contribution < 1.29 is 23.0 Å². The van der Waals surface area contributed by atoms with Gasteiger partial charge < -0.3 is 19.6 Å². The Kier molecular flexibility index (Phi) is 6.19. The van der Waals surface area contributed by atoms with E-state index in [2.05, 4.69) is 20.9 Å². The number of H-pyrrole nitrogens is 1. The molecular weight excluding hydrogens is 490 g/mol. The van der Waals surface area contributed by atoms with Crippen molar-refractivity contribution in [1.82, 2.24) is 14.9 Å². The highest BCUT2D eigenvalue weighted by Gasteiger charge is 2.37. The Hall–Kier alpha value is -2.98. The zero-order valence-electron chi connectivity index (χ0n) is 21.0. The van der Waals surface area contributed by atoms with E-state index in [0.717, 1.165) is 51.5 Å². The number of aliphatic hydroxyl groups excluding tert-OH is 1. The lowest BCUT2D eigenvalue weighted by atomic mass is 9.99. The normalized spacial score (nSPS) is 18.8. The number of aryl methyl sites for hydroxylation is 1. The van der Waals surface area contributed by atoms with Gasteiger partial charge in [0.2, 0.25) is 0 Å². The smallest absolute Gasteiger partial charge is 0.181 e. The minimum atomic E-state index is -3.32. The molecule has 2 unspecified atom stereocenters. The number of morpholine rings is 1. The Balaban J connectivity index is 1.50. The minimum Gasteiger partial charge on any atom is -0.470 e. The molecule has 37 heavy (non-hydrogen) atoms. The SMILES string of the molecule is Cc1cnc2[nH]c3c(OC(C(C)O)N4CCOCC4)ccc(-c4cccc(S(=O)(=O)C5CC5)c4)c3c2c1. The number of aromatic amines is 1. The summed E-state index contributed by atoms with van der Waals surface area (Å²) in [5.74, 6) is 0.605. The zero-order valence-corrected chi connectivity index (χ0v) is 21.8. The van der Waals surface area contributed by atoms with Gasteiger partial charge in [-0.15, -0.1) is 0 Å². The Morgan fingerprint density at radius 3 is 2.68 bits per heavy atom. The Labute approximate surface area is 216 Å². The van der Waals surface area contributed by atoms with E-state index < -0.39 is 22.2 Å². The van der Waals surface area contributed by atoms with Gasteiger partial charge in [0.1, 0.15) is 17.5 Å². The molecular formula is C28H31N3O5S. The third-order valence-corrected chi connectivity index (χ3v) is 9.47. The first-order valence-corrected chi connectivity index (χ1v) is 14.3. The van der Waals surface area contributed by atoms with Crippen LogP contribution in [0.1, 0.15) is 25.3 Å². The van der Waals surface area contributed by atoms with Crippen molar-refractivity contribution in [2.24, 2.45) is 0 Å². The summed E-state index contributed by atoms with van der Waals surface area (Å²) in [6, 6.07) is 13.1. The Bertz CT molecular complexity index is 1570. The van der Waals surface area contributed by atoms with Gasteiger partial charge in [-0.1, -0.05) is 12.1 Å². The van der Waals surface area contributed by atoms with Gasteiger partial charge in [-0.2, -0.15) is 0 Å². The molecule has 3 heterocycles. The number of nitrogens with one attached hydrogen (secondary N) is 1. The van der Waals surface area contributed by atoms with Gasteiger partial charge in [0.15, 0.2) is 16.1 Å². The van der Waals surface area contributed by atoms with Crippen LogP contribution < -0.4 is 4.74 Å². The molecule has 0 radical (unpaired) electrons. The van der Waals surface area contributed by atoms with Crippen LogP contribution in [0.2, 0.25) is 0 Å². The minimum absolute atomic E-state index is 0.268. The van der Waals surface area contributed by atoms with Crippen LogP contribution in [-0.2, 0) is 14.6 Å². The van der Waals surface area contributed by atoms with Crippen LogP contribution in [0.5, 0.6) is 5.75 Å². The molecule has 4 aromatic rings. The fourth-order valence-electron chi connectivity index (χ4n) is 5.16. The van der Waals surface area contributed by atoms with Crippen molar-refractivity contribution in [3.05, 3.63) is 54.2 Å². The molecule has 1 saturated carbocycles. The largest absolute Gasteiger partial charge is 0.470 e.